The third kappa shape index (κ3) is 5.68. The van der Waals surface area contributed by atoms with Crippen LogP contribution >= 0.6 is 0 Å². The highest BCUT2D eigenvalue weighted by Gasteiger charge is 2.17. The van der Waals surface area contributed by atoms with Crippen LogP contribution in [0.4, 0.5) is 0 Å². The Balaban J connectivity index is 1.49. The summed E-state index contributed by atoms with van der Waals surface area (Å²) in [6.07, 6.45) is 4.33. The number of nitriles is 1. The molecule has 2 aromatic rings. The predicted molar refractivity (Wildman–Crippen MR) is 108 cm³/mol. The van der Waals surface area contributed by atoms with Crippen LogP contribution in [-0.2, 0) is 13.2 Å². The molecule has 1 saturated heterocycles. The van der Waals surface area contributed by atoms with E-state index in [1.54, 1.807) is 0 Å². The third-order valence-electron chi connectivity index (χ3n) is 5.00. The van der Waals surface area contributed by atoms with E-state index in [0.717, 1.165) is 37.5 Å². The van der Waals surface area contributed by atoms with Crippen LogP contribution in [0.25, 0.3) is 0 Å². The molecule has 0 spiro atoms. The van der Waals surface area contributed by atoms with Crippen LogP contribution in [0.2, 0.25) is 0 Å². The Morgan fingerprint density at radius 3 is 2.78 bits per heavy atom. The van der Waals surface area contributed by atoms with Gasteiger partial charge in [-0.1, -0.05) is 36.4 Å². The normalized spacial score (nSPS) is 15.2. The summed E-state index contributed by atoms with van der Waals surface area (Å²) in [5.41, 5.74) is 2.79. The van der Waals surface area contributed by atoms with Gasteiger partial charge in [-0.15, -0.1) is 6.58 Å². The van der Waals surface area contributed by atoms with Crippen molar-refractivity contribution >= 4 is 0 Å². The van der Waals surface area contributed by atoms with Crippen molar-refractivity contribution in [2.24, 2.45) is 0 Å². The first kappa shape index (κ1) is 19.2. The van der Waals surface area contributed by atoms with E-state index < -0.39 is 0 Å². The molecule has 0 amide bonds. The van der Waals surface area contributed by atoms with Crippen molar-refractivity contribution in [3.05, 3.63) is 77.9 Å². The van der Waals surface area contributed by atoms with E-state index in [2.05, 4.69) is 35.0 Å². The number of hydrogen-bond donors (Lipinski definition) is 1. The largest absolute Gasteiger partial charge is 0.489 e. The summed E-state index contributed by atoms with van der Waals surface area (Å²) < 4.78 is 5.91. The van der Waals surface area contributed by atoms with Gasteiger partial charge in [0.2, 0.25) is 0 Å². The molecule has 0 atom stereocenters. The first-order valence-electron chi connectivity index (χ1n) is 9.55. The lowest BCUT2D eigenvalue weighted by molar-refractivity contribution is 0.214. The highest BCUT2D eigenvalue weighted by Crippen LogP contribution is 2.17. The maximum absolute atomic E-state index is 9.18. The number of nitrogens with zero attached hydrogens (tertiary/aromatic N) is 2. The maximum Gasteiger partial charge on any atom is 0.120 e. The van der Waals surface area contributed by atoms with Crippen LogP contribution in [0, 0.1) is 11.3 Å². The SMILES string of the molecule is C=CCN1CCC(NCc2cccc(OCc3ccccc3C#N)c2)CC1. The Labute approximate surface area is 162 Å². The van der Waals surface area contributed by atoms with Gasteiger partial charge in [0.1, 0.15) is 12.4 Å². The zero-order valence-corrected chi connectivity index (χ0v) is 15.7. The second kappa shape index (κ2) is 9.91. The quantitative estimate of drug-likeness (QED) is 0.725. The van der Waals surface area contributed by atoms with Crippen molar-refractivity contribution in [3.8, 4) is 11.8 Å². The smallest absolute Gasteiger partial charge is 0.120 e. The molecule has 2 aromatic carbocycles. The molecular formula is C23H27N3O. The van der Waals surface area contributed by atoms with Crippen molar-refractivity contribution in [3.63, 3.8) is 0 Å². The molecule has 140 valence electrons. The topological polar surface area (TPSA) is 48.3 Å². The fourth-order valence-corrected chi connectivity index (χ4v) is 3.43. The maximum atomic E-state index is 9.18. The Hall–Kier alpha value is -2.61. The summed E-state index contributed by atoms with van der Waals surface area (Å²) >= 11 is 0. The Kier molecular flexibility index (Phi) is 7.04. The molecule has 1 aliphatic rings. The molecule has 1 heterocycles. The Morgan fingerprint density at radius 2 is 2.00 bits per heavy atom. The molecule has 1 aliphatic heterocycles. The highest BCUT2D eigenvalue weighted by atomic mass is 16.5. The number of benzene rings is 2. The second-order valence-corrected chi connectivity index (χ2v) is 6.95. The van der Waals surface area contributed by atoms with Gasteiger partial charge in [0.25, 0.3) is 0 Å². The molecule has 0 bridgehead atoms. The summed E-state index contributed by atoms with van der Waals surface area (Å²) in [7, 11) is 0. The van der Waals surface area contributed by atoms with Crippen LogP contribution in [0.15, 0.2) is 61.2 Å². The number of piperidine rings is 1. The zero-order valence-electron chi connectivity index (χ0n) is 15.7. The number of hydrogen-bond acceptors (Lipinski definition) is 4. The van der Waals surface area contributed by atoms with Gasteiger partial charge in [-0.3, -0.25) is 4.90 Å². The molecular weight excluding hydrogens is 334 g/mol. The molecule has 0 aromatic heterocycles. The van der Waals surface area contributed by atoms with E-state index in [1.807, 2.05) is 42.5 Å². The lowest BCUT2D eigenvalue weighted by Gasteiger charge is -2.31. The standard InChI is InChI=1S/C23H27N3O/c1-2-12-26-13-10-22(11-14-26)25-17-19-6-5-9-23(15-19)27-18-21-8-4-3-7-20(21)16-24/h2-9,15,22,25H,1,10-14,17-18H2. The fraction of sp³-hybridized carbons (Fsp3) is 0.348. The van der Waals surface area contributed by atoms with Crippen molar-refractivity contribution in [2.75, 3.05) is 19.6 Å². The van der Waals surface area contributed by atoms with Gasteiger partial charge >= 0.3 is 0 Å². The molecule has 1 N–H and O–H groups in total. The molecule has 1 fully saturated rings. The minimum Gasteiger partial charge on any atom is -0.489 e. The molecule has 3 rings (SSSR count). The molecule has 0 aliphatic carbocycles. The van der Waals surface area contributed by atoms with E-state index in [9.17, 15) is 5.26 Å². The van der Waals surface area contributed by atoms with Crippen LogP contribution in [0.1, 0.15) is 29.5 Å². The first-order chi connectivity index (χ1) is 13.3. The van der Waals surface area contributed by atoms with Crippen molar-refractivity contribution in [1.29, 1.82) is 5.26 Å². The molecule has 4 heteroatoms. The lowest BCUT2D eigenvalue weighted by Crippen LogP contribution is -2.42. The van der Waals surface area contributed by atoms with Gasteiger partial charge in [0, 0.05) is 24.7 Å². The predicted octanol–water partition coefficient (Wildman–Crippen LogP) is 3.88. The number of likely N-dealkylation sites (tertiary alicyclic amines) is 1. The van der Waals surface area contributed by atoms with Crippen molar-refractivity contribution in [2.45, 2.75) is 32.0 Å². The fourth-order valence-electron chi connectivity index (χ4n) is 3.43. The summed E-state index contributed by atoms with van der Waals surface area (Å²) in [6, 6.07) is 18.5. The van der Waals surface area contributed by atoms with Gasteiger partial charge in [-0.25, -0.2) is 0 Å². The molecule has 27 heavy (non-hydrogen) atoms. The number of rotatable bonds is 8. The summed E-state index contributed by atoms with van der Waals surface area (Å²) in [6.45, 7) is 8.31. The molecule has 4 nitrogen and oxygen atoms in total. The highest BCUT2D eigenvalue weighted by molar-refractivity contribution is 5.37. The van der Waals surface area contributed by atoms with Gasteiger partial charge in [-0.05, 0) is 49.7 Å². The minimum atomic E-state index is 0.405. The number of ether oxygens (including phenoxy) is 1. The van der Waals surface area contributed by atoms with Gasteiger partial charge in [0.05, 0.1) is 11.6 Å². The molecule has 0 saturated carbocycles. The van der Waals surface area contributed by atoms with E-state index in [4.69, 9.17) is 4.74 Å². The van der Waals surface area contributed by atoms with Crippen LogP contribution < -0.4 is 10.1 Å². The second-order valence-electron chi connectivity index (χ2n) is 6.95. The monoisotopic (exact) mass is 361 g/mol. The van der Waals surface area contributed by atoms with E-state index >= 15 is 0 Å². The average Bonchev–Trinajstić information content (AvgIpc) is 2.72. The summed E-state index contributed by atoms with van der Waals surface area (Å²) in [5, 5.41) is 12.8. The van der Waals surface area contributed by atoms with Crippen LogP contribution in [-0.4, -0.2) is 30.6 Å². The van der Waals surface area contributed by atoms with Gasteiger partial charge < -0.3 is 10.1 Å². The lowest BCUT2D eigenvalue weighted by atomic mass is 10.0. The zero-order chi connectivity index (χ0) is 18.9. The van der Waals surface area contributed by atoms with Gasteiger partial charge in [0.15, 0.2) is 0 Å². The van der Waals surface area contributed by atoms with Crippen LogP contribution in [0.5, 0.6) is 5.75 Å². The Morgan fingerprint density at radius 1 is 1.19 bits per heavy atom. The average molecular weight is 361 g/mol. The molecule has 0 radical (unpaired) electrons. The minimum absolute atomic E-state index is 0.405. The first-order valence-corrected chi connectivity index (χ1v) is 9.55. The summed E-state index contributed by atoms with van der Waals surface area (Å²) in [5.74, 6) is 0.836. The molecule has 0 unspecified atom stereocenters. The summed E-state index contributed by atoms with van der Waals surface area (Å²) in [4.78, 5) is 2.44. The van der Waals surface area contributed by atoms with E-state index in [1.165, 1.54) is 18.4 Å². The van der Waals surface area contributed by atoms with E-state index in [-0.39, 0.29) is 0 Å². The third-order valence-corrected chi connectivity index (χ3v) is 5.00. The van der Waals surface area contributed by atoms with Crippen molar-refractivity contribution in [1.82, 2.24) is 10.2 Å². The Bertz CT molecular complexity index is 788. The van der Waals surface area contributed by atoms with Crippen molar-refractivity contribution < 1.29 is 4.74 Å². The van der Waals surface area contributed by atoms with E-state index in [0.29, 0.717) is 18.2 Å². The van der Waals surface area contributed by atoms with Gasteiger partial charge in [-0.2, -0.15) is 5.26 Å². The number of nitrogens with one attached hydrogen (secondary N) is 1. The van der Waals surface area contributed by atoms with Crippen LogP contribution in [0.3, 0.4) is 0 Å².